The maximum Gasteiger partial charge on any atom is 0.387 e. The van der Waals surface area contributed by atoms with Crippen LogP contribution in [0.15, 0.2) is 53.5 Å². The van der Waals surface area contributed by atoms with Crippen molar-refractivity contribution in [3.05, 3.63) is 65.5 Å². The van der Waals surface area contributed by atoms with E-state index >= 15 is 0 Å². The topological polar surface area (TPSA) is 66.0 Å². The lowest BCUT2D eigenvalue weighted by molar-refractivity contribution is -0.120. The van der Waals surface area contributed by atoms with Crippen molar-refractivity contribution in [2.24, 2.45) is 4.99 Å². The van der Waals surface area contributed by atoms with Gasteiger partial charge in [0, 0.05) is 33.7 Å². The number of hydrogen-bond donors (Lipinski definition) is 2. The third-order valence-corrected chi connectivity index (χ3v) is 4.15. The zero-order valence-corrected chi connectivity index (χ0v) is 19.6. The quantitative estimate of drug-likeness (QED) is 0.218. The Balaban J connectivity index is 0.00000480. The predicted octanol–water partition coefficient (Wildman–Crippen LogP) is 3.41. The molecule has 0 spiro atoms. The van der Waals surface area contributed by atoms with Crippen LogP contribution in [0.4, 0.5) is 13.2 Å². The standard InChI is InChI=1S/C21H25F3N4O2.HI/c1-25-21(28(2)14-16-5-9-18(10-6-16)30-20(23)24)27-12-11-26-19(29)13-15-3-7-17(22)8-4-15;/h3-10,20H,11-14H2,1-2H3,(H,25,27)(H,26,29);1H. The lowest BCUT2D eigenvalue weighted by Crippen LogP contribution is -2.42. The highest BCUT2D eigenvalue weighted by Gasteiger charge is 2.09. The number of amides is 1. The van der Waals surface area contributed by atoms with Crippen molar-refractivity contribution in [2.45, 2.75) is 19.6 Å². The number of nitrogens with one attached hydrogen (secondary N) is 2. The normalized spacial score (nSPS) is 11.0. The minimum Gasteiger partial charge on any atom is -0.435 e. The largest absolute Gasteiger partial charge is 0.435 e. The van der Waals surface area contributed by atoms with Crippen LogP contribution < -0.4 is 15.4 Å². The first-order valence-electron chi connectivity index (χ1n) is 9.34. The highest BCUT2D eigenvalue weighted by molar-refractivity contribution is 14.0. The number of nitrogens with zero attached hydrogens (tertiary/aromatic N) is 2. The van der Waals surface area contributed by atoms with Gasteiger partial charge in [0.25, 0.3) is 0 Å². The molecule has 0 saturated heterocycles. The van der Waals surface area contributed by atoms with Crippen molar-refractivity contribution in [1.82, 2.24) is 15.5 Å². The number of alkyl halides is 2. The van der Waals surface area contributed by atoms with Gasteiger partial charge in [-0.3, -0.25) is 9.79 Å². The summed E-state index contributed by atoms with van der Waals surface area (Å²) in [5.41, 5.74) is 1.64. The SMILES string of the molecule is CN=C(NCCNC(=O)Cc1ccc(F)cc1)N(C)Cc1ccc(OC(F)F)cc1.I. The van der Waals surface area contributed by atoms with Gasteiger partial charge >= 0.3 is 6.61 Å². The fourth-order valence-electron chi connectivity index (χ4n) is 2.74. The molecule has 0 aliphatic carbocycles. The molecule has 2 N–H and O–H groups in total. The van der Waals surface area contributed by atoms with Crippen LogP contribution >= 0.6 is 24.0 Å². The Morgan fingerprint density at radius 2 is 1.61 bits per heavy atom. The van der Waals surface area contributed by atoms with E-state index in [-0.39, 0.29) is 47.9 Å². The van der Waals surface area contributed by atoms with Gasteiger partial charge in [-0.2, -0.15) is 8.78 Å². The zero-order chi connectivity index (χ0) is 21.9. The first-order valence-corrected chi connectivity index (χ1v) is 9.34. The van der Waals surface area contributed by atoms with E-state index in [4.69, 9.17) is 0 Å². The number of hydrogen-bond acceptors (Lipinski definition) is 3. The summed E-state index contributed by atoms with van der Waals surface area (Å²) >= 11 is 0. The molecule has 2 aromatic rings. The number of guanidine groups is 1. The Bertz CT molecular complexity index is 834. The predicted molar refractivity (Wildman–Crippen MR) is 124 cm³/mol. The molecule has 0 heterocycles. The summed E-state index contributed by atoms with van der Waals surface area (Å²) in [6.07, 6.45) is 0.181. The van der Waals surface area contributed by atoms with Crippen molar-refractivity contribution in [3.63, 3.8) is 0 Å². The zero-order valence-electron chi connectivity index (χ0n) is 17.3. The second kappa shape index (κ2) is 13.7. The van der Waals surface area contributed by atoms with E-state index in [9.17, 15) is 18.0 Å². The van der Waals surface area contributed by atoms with Gasteiger partial charge in [-0.15, -0.1) is 24.0 Å². The lowest BCUT2D eigenvalue weighted by atomic mass is 10.1. The van der Waals surface area contributed by atoms with Crippen molar-refractivity contribution in [2.75, 3.05) is 27.2 Å². The molecule has 0 fully saturated rings. The van der Waals surface area contributed by atoms with E-state index in [0.29, 0.717) is 25.6 Å². The van der Waals surface area contributed by atoms with Crippen LogP contribution in [0, 0.1) is 5.82 Å². The molecule has 0 unspecified atom stereocenters. The van der Waals surface area contributed by atoms with Gasteiger partial charge in [0.05, 0.1) is 6.42 Å². The van der Waals surface area contributed by atoms with Gasteiger partial charge < -0.3 is 20.3 Å². The molecule has 0 radical (unpaired) electrons. The van der Waals surface area contributed by atoms with Crippen LogP contribution in [-0.2, 0) is 17.8 Å². The number of aliphatic imine (C=N–C) groups is 1. The molecule has 2 aromatic carbocycles. The molecule has 2 rings (SSSR count). The molecule has 0 atom stereocenters. The molecule has 0 aliphatic heterocycles. The number of benzene rings is 2. The van der Waals surface area contributed by atoms with Crippen molar-refractivity contribution >= 4 is 35.8 Å². The number of rotatable bonds is 9. The van der Waals surface area contributed by atoms with Crippen molar-refractivity contribution in [1.29, 1.82) is 0 Å². The number of ether oxygens (including phenoxy) is 1. The van der Waals surface area contributed by atoms with Crippen LogP contribution in [0.1, 0.15) is 11.1 Å². The number of carbonyl (C=O) groups is 1. The molecule has 10 heteroatoms. The number of halogens is 4. The highest BCUT2D eigenvalue weighted by atomic mass is 127. The Labute approximate surface area is 196 Å². The molecular formula is C21H26F3IN4O2. The fourth-order valence-corrected chi connectivity index (χ4v) is 2.74. The van der Waals surface area contributed by atoms with Gasteiger partial charge in [-0.25, -0.2) is 4.39 Å². The summed E-state index contributed by atoms with van der Waals surface area (Å²) in [6, 6.07) is 12.2. The molecule has 31 heavy (non-hydrogen) atoms. The van der Waals surface area contributed by atoms with Crippen LogP contribution in [0.5, 0.6) is 5.75 Å². The van der Waals surface area contributed by atoms with E-state index in [1.54, 1.807) is 31.3 Å². The molecule has 0 aliphatic rings. The summed E-state index contributed by atoms with van der Waals surface area (Å²) in [6.45, 7) is -1.48. The van der Waals surface area contributed by atoms with Crippen molar-refractivity contribution in [3.8, 4) is 5.75 Å². The summed E-state index contributed by atoms with van der Waals surface area (Å²) < 4.78 is 41.6. The van der Waals surface area contributed by atoms with E-state index in [2.05, 4.69) is 20.4 Å². The van der Waals surface area contributed by atoms with Gasteiger partial charge in [0.2, 0.25) is 5.91 Å². The van der Waals surface area contributed by atoms with E-state index in [1.807, 2.05) is 11.9 Å². The molecule has 0 saturated carbocycles. The summed E-state index contributed by atoms with van der Waals surface area (Å²) in [7, 11) is 3.48. The molecule has 170 valence electrons. The summed E-state index contributed by atoms with van der Waals surface area (Å²) in [5.74, 6) is 0.236. The van der Waals surface area contributed by atoms with Gasteiger partial charge in [0.15, 0.2) is 5.96 Å². The Morgan fingerprint density at radius 3 is 2.19 bits per heavy atom. The summed E-state index contributed by atoms with van der Waals surface area (Å²) in [4.78, 5) is 18.0. The first kappa shape index (κ1) is 26.5. The Morgan fingerprint density at radius 1 is 1.03 bits per heavy atom. The maximum atomic E-state index is 12.9. The van der Waals surface area contributed by atoms with Gasteiger partial charge in [0.1, 0.15) is 11.6 Å². The van der Waals surface area contributed by atoms with Gasteiger partial charge in [-0.1, -0.05) is 24.3 Å². The number of carbonyl (C=O) groups excluding carboxylic acids is 1. The molecular weight excluding hydrogens is 524 g/mol. The van der Waals surface area contributed by atoms with E-state index in [1.165, 1.54) is 24.3 Å². The highest BCUT2D eigenvalue weighted by Crippen LogP contribution is 2.15. The molecule has 0 bridgehead atoms. The molecule has 1 amide bonds. The van der Waals surface area contributed by atoms with Gasteiger partial charge in [-0.05, 0) is 35.4 Å². The van der Waals surface area contributed by atoms with Crippen LogP contribution in [0.2, 0.25) is 0 Å². The Kier molecular flexibility index (Phi) is 11.8. The second-order valence-electron chi connectivity index (χ2n) is 6.51. The third kappa shape index (κ3) is 9.90. The second-order valence-corrected chi connectivity index (χ2v) is 6.51. The van der Waals surface area contributed by atoms with Crippen molar-refractivity contribution < 1.29 is 22.7 Å². The monoisotopic (exact) mass is 550 g/mol. The van der Waals surface area contributed by atoms with E-state index < -0.39 is 6.61 Å². The lowest BCUT2D eigenvalue weighted by Gasteiger charge is -2.22. The smallest absolute Gasteiger partial charge is 0.387 e. The molecule has 6 nitrogen and oxygen atoms in total. The van der Waals surface area contributed by atoms with E-state index in [0.717, 1.165) is 11.1 Å². The van der Waals surface area contributed by atoms with Crippen LogP contribution in [0.3, 0.4) is 0 Å². The third-order valence-electron chi connectivity index (χ3n) is 4.15. The minimum absolute atomic E-state index is 0. The Hall–Kier alpha value is -2.50. The van der Waals surface area contributed by atoms with Crippen LogP contribution in [-0.4, -0.2) is 50.6 Å². The average molecular weight is 550 g/mol. The fraction of sp³-hybridized carbons (Fsp3) is 0.333. The average Bonchev–Trinajstić information content (AvgIpc) is 2.71. The molecule has 0 aromatic heterocycles. The maximum absolute atomic E-state index is 12.9. The van der Waals surface area contributed by atoms with Crippen LogP contribution in [0.25, 0.3) is 0 Å². The first-order chi connectivity index (χ1) is 14.4. The summed E-state index contributed by atoms with van der Waals surface area (Å²) in [5, 5.41) is 5.93. The minimum atomic E-state index is -2.85.